The molecule has 174 valence electrons. The molecular formula is C25H19ClN6O3. The van der Waals surface area contributed by atoms with Crippen LogP contribution >= 0.6 is 11.6 Å². The van der Waals surface area contributed by atoms with E-state index in [0.717, 1.165) is 0 Å². The summed E-state index contributed by atoms with van der Waals surface area (Å²) < 4.78 is 1.56. The molecule has 0 saturated carbocycles. The topological polar surface area (TPSA) is 115 Å². The summed E-state index contributed by atoms with van der Waals surface area (Å²) in [6.45, 7) is 1.76. The van der Waals surface area contributed by atoms with E-state index in [1.54, 1.807) is 48.0 Å². The molecular weight excluding hydrogens is 468 g/mol. The lowest BCUT2D eigenvalue weighted by Gasteiger charge is -2.28. The van der Waals surface area contributed by atoms with Crippen molar-refractivity contribution < 1.29 is 9.72 Å². The van der Waals surface area contributed by atoms with Crippen LogP contribution in [0.3, 0.4) is 0 Å². The number of nitrogens with zero attached hydrogens (tertiary/aromatic N) is 4. The summed E-state index contributed by atoms with van der Waals surface area (Å²) in [4.78, 5) is 29.1. The highest BCUT2D eigenvalue weighted by molar-refractivity contribution is 6.33. The number of para-hydroxylation sites is 1. The van der Waals surface area contributed by atoms with E-state index >= 15 is 0 Å². The van der Waals surface area contributed by atoms with E-state index in [2.05, 4.69) is 20.7 Å². The number of non-ortho nitro benzene ring substituents is 1. The summed E-state index contributed by atoms with van der Waals surface area (Å²) in [6, 6.07) is 21.6. The zero-order valence-electron chi connectivity index (χ0n) is 18.5. The lowest BCUT2D eigenvalue weighted by atomic mass is 9.94. The monoisotopic (exact) mass is 486 g/mol. The Morgan fingerprint density at radius 1 is 1.09 bits per heavy atom. The normalized spacial score (nSPS) is 14.7. The van der Waals surface area contributed by atoms with Crippen LogP contribution in [0.5, 0.6) is 0 Å². The minimum Gasteiger partial charge on any atom is -0.328 e. The third-order valence-corrected chi connectivity index (χ3v) is 5.97. The maximum atomic E-state index is 13.5. The molecule has 3 aromatic carbocycles. The Morgan fingerprint density at radius 3 is 2.57 bits per heavy atom. The molecule has 0 aliphatic carbocycles. The average molecular weight is 487 g/mol. The Balaban J connectivity index is 1.65. The molecule has 0 saturated heterocycles. The molecule has 0 unspecified atom stereocenters. The van der Waals surface area contributed by atoms with E-state index in [1.165, 1.54) is 12.1 Å². The first-order chi connectivity index (χ1) is 16.9. The molecule has 1 aromatic heterocycles. The van der Waals surface area contributed by atoms with Gasteiger partial charge in [0.1, 0.15) is 6.04 Å². The highest BCUT2D eigenvalue weighted by Gasteiger charge is 2.35. The Kier molecular flexibility index (Phi) is 5.76. The summed E-state index contributed by atoms with van der Waals surface area (Å²) >= 11 is 6.37. The number of hydrogen-bond acceptors (Lipinski definition) is 6. The maximum absolute atomic E-state index is 13.5. The van der Waals surface area contributed by atoms with Gasteiger partial charge in [-0.05, 0) is 36.8 Å². The molecule has 0 fully saturated rings. The molecule has 1 amide bonds. The lowest BCUT2D eigenvalue weighted by Crippen LogP contribution is -2.31. The van der Waals surface area contributed by atoms with E-state index in [-0.39, 0.29) is 11.6 Å². The van der Waals surface area contributed by atoms with Crippen LogP contribution in [-0.4, -0.2) is 25.6 Å². The number of halogens is 1. The van der Waals surface area contributed by atoms with Gasteiger partial charge in [0.15, 0.2) is 5.82 Å². The number of allylic oxidation sites excluding steroid dienone is 1. The largest absolute Gasteiger partial charge is 0.328 e. The first kappa shape index (κ1) is 22.3. The number of nitro benzene ring substituents is 1. The first-order valence-corrected chi connectivity index (χ1v) is 11.1. The Labute approximate surface area is 205 Å². The van der Waals surface area contributed by atoms with Crippen molar-refractivity contribution in [3.05, 3.63) is 111 Å². The molecule has 10 heteroatoms. The number of fused-ring (bicyclic) bond motifs is 1. The summed E-state index contributed by atoms with van der Waals surface area (Å²) in [5, 5.41) is 22.7. The molecule has 4 aromatic rings. The Bertz CT molecular complexity index is 1480. The van der Waals surface area contributed by atoms with E-state index in [0.29, 0.717) is 44.9 Å². The fourth-order valence-corrected chi connectivity index (χ4v) is 4.26. The number of anilines is 2. The third-order valence-electron chi connectivity index (χ3n) is 5.64. The number of amides is 1. The van der Waals surface area contributed by atoms with Gasteiger partial charge in [0.05, 0.1) is 15.5 Å². The SMILES string of the molecule is CC1=C(C(=O)Nc2ccccc2)[C@H](c2cccc([N+](=O)[O-])c2)n2nc(-c3ccccc3Cl)nc2N1. The van der Waals surface area contributed by atoms with Gasteiger partial charge in [0.2, 0.25) is 5.95 Å². The van der Waals surface area contributed by atoms with Crippen LogP contribution in [0.4, 0.5) is 17.3 Å². The predicted molar refractivity (Wildman–Crippen MR) is 133 cm³/mol. The second kappa shape index (κ2) is 9.03. The van der Waals surface area contributed by atoms with Crippen LogP contribution in [0, 0.1) is 10.1 Å². The van der Waals surface area contributed by atoms with Crippen molar-refractivity contribution in [2.24, 2.45) is 0 Å². The quantitative estimate of drug-likeness (QED) is 0.287. The van der Waals surface area contributed by atoms with Crippen LogP contribution in [-0.2, 0) is 4.79 Å². The number of rotatable bonds is 5. The number of carbonyl (C=O) groups is 1. The second-order valence-electron chi connectivity index (χ2n) is 7.92. The molecule has 1 aliphatic rings. The number of carbonyl (C=O) groups excluding carboxylic acids is 1. The highest BCUT2D eigenvalue weighted by atomic mass is 35.5. The highest BCUT2D eigenvalue weighted by Crippen LogP contribution is 2.38. The molecule has 1 atom stereocenters. The van der Waals surface area contributed by atoms with Crippen molar-refractivity contribution in [2.75, 3.05) is 10.6 Å². The number of aromatic nitrogens is 3. The van der Waals surface area contributed by atoms with Crippen molar-refractivity contribution in [1.82, 2.24) is 14.8 Å². The molecule has 1 aliphatic heterocycles. The fraction of sp³-hybridized carbons (Fsp3) is 0.0800. The van der Waals surface area contributed by atoms with Crippen molar-refractivity contribution in [3.63, 3.8) is 0 Å². The van der Waals surface area contributed by atoms with Gasteiger partial charge in [-0.15, -0.1) is 5.10 Å². The smallest absolute Gasteiger partial charge is 0.269 e. The Hall–Kier alpha value is -4.50. The summed E-state index contributed by atoms with van der Waals surface area (Å²) in [7, 11) is 0. The van der Waals surface area contributed by atoms with Gasteiger partial charge in [-0.3, -0.25) is 14.9 Å². The van der Waals surface area contributed by atoms with Crippen LogP contribution in [0.25, 0.3) is 11.4 Å². The standard InChI is InChI=1S/C25H19ClN6O3/c1-15-21(24(33)28-17-9-3-2-4-10-17)22(16-8-7-11-18(14-16)32(34)35)31-25(27-15)29-23(30-31)19-12-5-6-13-20(19)26/h2-14,22H,1H3,(H,28,33)(H,27,29,30)/t22-/m0/s1. The molecule has 0 radical (unpaired) electrons. The van der Waals surface area contributed by atoms with E-state index in [4.69, 9.17) is 11.6 Å². The molecule has 2 N–H and O–H groups in total. The van der Waals surface area contributed by atoms with Crippen molar-refractivity contribution >= 4 is 34.8 Å². The summed E-state index contributed by atoms with van der Waals surface area (Å²) in [5.41, 5.74) is 2.60. The van der Waals surface area contributed by atoms with Crippen LogP contribution in [0.2, 0.25) is 5.02 Å². The summed E-state index contributed by atoms with van der Waals surface area (Å²) in [5.74, 6) is 0.398. The second-order valence-corrected chi connectivity index (χ2v) is 8.33. The molecule has 9 nitrogen and oxygen atoms in total. The van der Waals surface area contributed by atoms with Gasteiger partial charge >= 0.3 is 0 Å². The van der Waals surface area contributed by atoms with Crippen LogP contribution in [0.1, 0.15) is 18.5 Å². The van der Waals surface area contributed by atoms with Crippen molar-refractivity contribution in [1.29, 1.82) is 0 Å². The van der Waals surface area contributed by atoms with Gasteiger partial charge in [-0.2, -0.15) is 4.98 Å². The third kappa shape index (κ3) is 4.24. The minimum absolute atomic E-state index is 0.0884. The van der Waals surface area contributed by atoms with E-state index in [9.17, 15) is 14.9 Å². The van der Waals surface area contributed by atoms with Crippen LogP contribution < -0.4 is 10.6 Å². The average Bonchev–Trinajstić information content (AvgIpc) is 3.27. The van der Waals surface area contributed by atoms with Gasteiger partial charge in [0, 0.05) is 29.1 Å². The lowest BCUT2D eigenvalue weighted by molar-refractivity contribution is -0.384. The Morgan fingerprint density at radius 2 is 1.83 bits per heavy atom. The minimum atomic E-state index is -0.765. The summed E-state index contributed by atoms with van der Waals surface area (Å²) in [6.07, 6.45) is 0. The number of benzene rings is 3. The fourth-order valence-electron chi connectivity index (χ4n) is 4.04. The van der Waals surface area contributed by atoms with Gasteiger partial charge in [-0.1, -0.05) is 54.1 Å². The number of hydrogen-bond donors (Lipinski definition) is 2. The van der Waals surface area contributed by atoms with Crippen LogP contribution in [0.15, 0.2) is 90.1 Å². The zero-order chi connectivity index (χ0) is 24.5. The van der Waals surface area contributed by atoms with Crippen molar-refractivity contribution in [2.45, 2.75) is 13.0 Å². The van der Waals surface area contributed by atoms with E-state index < -0.39 is 11.0 Å². The molecule has 35 heavy (non-hydrogen) atoms. The van der Waals surface area contributed by atoms with Crippen molar-refractivity contribution in [3.8, 4) is 11.4 Å². The molecule has 0 bridgehead atoms. The molecule has 5 rings (SSSR count). The first-order valence-electron chi connectivity index (χ1n) is 10.7. The number of nitrogens with one attached hydrogen (secondary N) is 2. The van der Waals surface area contributed by atoms with Gasteiger partial charge in [-0.25, -0.2) is 4.68 Å². The van der Waals surface area contributed by atoms with E-state index in [1.807, 2.05) is 30.3 Å². The maximum Gasteiger partial charge on any atom is 0.269 e. The number of nitro groups is 1. The zero-order valence-corrected chi connectivity index (χ0v) is 19.2. The predicted octanol–water partition coefficient (Wildman–Crippen LogP) is 5.43. The van der Waals surface area contributed by atoms with Gasteiger partial charge < -0.3 is 10.6 Å². The molecule has 2 heterocycles. The van der Waals surface area contributed by atoms with Gasteiger partial charge in [0.25, 0.3) is 11.6 Å². The molecule has 0 spiro atoms.